The number of thioether (sulfide) groups is 1. The van der Waals surface area contributed by atoms with Crippen LogP contribution in [-0.2, 0) is 4.79 Å². The normalized spacial score (nSPS) is 17.1. The fourth-order valence-corrected chi connectivity index (χ4v) is 4.33. The Balaban J connectivity index is 1.98. The minimum absolute atomic E-state index is 0.0279. The first-order valence-electron chi connectivity index (χ1n) is 9.07. The van der Waals surface area contributed by atoms with E-state index in [4.69, 9.17) is 0 Å². The van der Waals surface area contributed by atoms with Crippen molar-refractivity contribution in [1.29, 1.82) is 0 Å². The number of nitrogens with zero attached hydrogens (tertiary/aromatic N) is 4. The minimum Gasteiger partial charge on any atom is -0.318 e. The van der Waals surface area contributed by atoms with Crippen LogP contribution in [0, 0.1) is 24.0 Å². The van der Waals surface area contributed by atoms with Gasteiger partial charge in [-0.05, 0) is 69.3 Å². The number of aromatic nitrogens is 1. The van der Waals surface area contributed by atoms with Crippen molar-refractivity contribution in [2.75, 3.05) is 13.1 Å². The fraction of sp³-hybridized carbons (Fsp3) is 0.300. The number of aryl methyl sites for hydroxylation is 1. The molecule has 1 aromatic carbocycles. The summed E-state index contributed by atoms with van der Waals surface area (Å²) in [6.45, 7) is 9.06. The van der Waals surface area contributed by atoms with Gasteiger partial charge < -0.3 is 4.57 Å². The van der Waals surface area contributed by atoms with Crippen LogP contribution in [0.25, 0.3) is 11.8 Å². The molecule has 28 heavy (non-hydrogen) atoms. The van der Waals surface area contributed by atoms with Crippen LogP contribution in [-0.4, -0.2) is 38.6 Å². The molecule has 0 aliphatic carbocycles. The maximum atomic E-state index is 12.7. The van der Waals surface area contributed by atoms with Crippen molar-refractivity contribution in [3.8, 4) is 5.69 Å². The van der Waals surface area contributed by atoms with E-state index in [-0.39, 0.29) is 11.6 Å². The highest BCUT2D eigenvalue weighted by Gasteiger charge is 2.32. The van der Waals surface area contributed by atoms with Gasteiger partial charge in [0.1, 0.15) is 0 Å². The number of amides is 1. The smallest absolute Gasteiger partial charge is 0.269 e. The van der Waals surface area contributed by atoms with Crippen LogP contribution in [0.15, 0.2) is 40.2 Å². The third-order valence-corrected chi connectivity index (χ3v) is 5.62. The summed E-state index contributed by atoms with van der Waals surface area (Å²) in [6.07, 6.45) is 1.90. The molecular weight excluding hydrogens is 376 g/mol. The van der Waals surface area contributed by atoms with Crippen LogP contribution in [0.5, 0.6) is 0 Å². The van der Waals surface area contributed by atoms with E-state index >= 15 is 0 Å². The number of nitro benzene ring substituents is 1. The van der Waals surface area contributed by atoms with Gasteiger partial charge >= 0.3 is 0 Å². The fourth-order valence-electron chi connectivity index (χ4n) is 3.24. The molecule has 0 saturated carbocycles. The maximum absolute atomic E-state index is 12.7. The molecule has 2 aromatic rings. The largest absolute Gasteiger partial charge is 0.318 e. The molecule has 1 amide bonds. The number of hydrogen-bond acceptors (Lipinski definition) is 5. The van der Waals surface area contributed by atoms with Crippen LogP contribution in [0.4, 0.5) is 5.69 Å². The Hall–Kier alpha value is -2.87. The first-order valence-corrected chi connectivity index (χ1v) is 9.88. The molecule has 8 heteroatoms. The van der Waals surface area contributed by atoms with Crippen LogP contribution in [0.1, 0.15) is 30.8 Å². The average molecular weight is 398 g/mol. The highest BCUT2D eigenvalue weighted by atomic mass is 32.2. The third-order valence-electron chi connectivity index (χ3n) is 4.57. The summed E-state index contributed by atoms with van der Waals surface area (Å²) in [6, 6.07) is 8.47. The van der Waals surface area contributed by atoms with Gasteiger partial charge in [0.25, 0.3) is 11.6 Å². The number of carbonyl (C=O) groups is 1. The van der Waals surface area contributed by atoms with Crippen LogP contribution in [0.3, 0.4) is 0 Å². The highest BCUT2D eigenvalue weighted by Crippen LogP contribution is 2.34. The molecular formula is C20H22N4O3S. The van der Waals surface area contributed by atoms with Gasteiger partial charge in [0.15, 0.2) is 5.17 Å². The first-order chi connectivity index (χ1) is 13.4. The molecule has 146 valence electrons. The second-order valence-corrected chi connectivity index (χ2v) is 7.36. The predicted molar refractivity (Wildman–Crippen MR) is 113 cm³/mol. The van der Waals surface area contributed by atoms with Gasteiger partial charge in [-0.25, -0.2) is 0 Å². The number of hydrogen-bond donors (Lipinski definition) is 0. The molecule has 3 rings (SSSR count). The maximum Gasteiger partial charge on any atom is 0.269 e. The number of aliphatic imine (C=N–C) groups is 1. The number of likely N-dealkylation sites (N-methyl/N-ethyl adjacent to an activating group) is 1. The Morgan fingerprint density at radius 1 is 1.21 bits per heavy atom. The van der Waals surface area contributed by atoms with Crippen molar-refractivity contribution < 1.29 is 9.72 Å². The zero-order valence-corrected chi connectivity index (χ0v) is 17.1. The standard InChI is InChI=1S/C20H22N4O3S/c1-5-21-20-22(6-2)19(25)18(28-20)12-15-11-13(3)23(14(15)4)16-7-9-17(10-8-16)24(26)27/h7-12H,5-6H2,1-4H3/b18-12-,21-20?. The van der Waals surface area contributed by atoms with Gasteiger partial charge in [0.05, 0.1) is 9.83 Å². The topological polar surface area (TPSA) is 80.7 Å². The van der Waals surface area contributed by atoms with Gasteiger partial charge in [0, 0.05) is 42.3 Å². The molecule has 1 fully saturated rings. The summed E-state index contributed by atoms with van der Waals surface area (Å²) >= 11 is 1.40. The van der Waals surface area contributed by atoms with Crippen molar-refractivity contribution in [3.05, 3.63) is 62.3 Å². The van der Waals surface area contributed by atoms with Gasteiger partial charge in [0.2, 0.25) is 0 Å². The van der Waals surface area contributed by atoms with Crippen LogP contribution < -0.4 is 0 Å². The average Bonchev–Trinajstić information content (AvgIpc) is 3.11. The monoisotopic (exact) mass is 398 g/mol. The molecule has 0 atom stereocenters. The molecule has 2 heterocycles. The van der Waals surface area contributed by atoms with Crippen molar-refractivity contribution in [3.63, 3.8) is 0 Å². The molecule has 0 unspecified atom stereocenters. The number of amidine groups is 1. The van der Waals surface area contributed by atoms with E-state index in [2.05, 4.69) is 4.99 Å². The molecule has 0 spiro atoms. The van der Waals surface area contributed by atoms with E-state index in [0.717, 1.165) is 27.8 Å². The second kappa shape index (κ2) is 8.02. The van der Waals surface area contributed by atoms with Crippen molar-refractivity contribution in [2.45, 2.75) is 27.7 Å². The first kappa shape index (κ1) is 19.9. The lowest BCUT2D eigenvalue weighted by Gasteiger charge is -2.11. The molecule has 0 bridgehead atoms. The van der Waals surface area contributed by atoms with Crippen molar-refractivity contribution in [2.24, 2.45) is 4.99 Å². The summed E-state index contributed by atoms with van der Waals surface area (Å²) < 4.78 is 2.03. The van der Waals surface area contributed by atoms with E-state index in [0.29, 0.717) is 18.0 Å². The highest BCUT2D eigenvalue weighted by molar-refractivity contribution is 8.18. The zero-order valence-electron chi connectivity index (χ0n) is 16.3. The lowest BCUT2D eigenvalue weighted by molar-refractivity contribution is -0.384. The van der Waals surface area contributed by atoms with E-state index in [1.807, 2.05) is 44.4 Å². The van der Waals surface area contributed by atoms with Gasteiger partial charge in [-0.2, -0.15) is 0 Å². The van der Waals surface area contributed by atoms with E-state index in [9.17, 15) is 14.9 Å². The quantitative estimate of drug-likeness (QED) is 0.427. The van der Waals surface area contributed by atoms with E-state index in [1.54, 1.807) is 17.0 Å². The van der Waals surface area contributed by atoms with Gasteiger partial charge in [-0.1, -0.05) is 0 Å². The minimum atomic E-state index is -0.410. The summed E-state index contributed by atoms with van der Waals surface area (Å²) in [4.78, 5) is 29.9. The third kappa shape index (κ3) is 3.60. The molecule has 1 aliphatic heterocycles. The van der Waals surface area contributed by atoms with Crippen molar-refractivity contribution in [1.82, 2.24) is 9.47 Å². The Morgan fingerprint density at radius 2 is 1.89 bits per heavy atom. The Morgan fingerprint density at radius 3 is 2.46 bits per heavy atom. The number of non-ortho nitro benzene ring substituents is 1. The van der Waals surface area contributed by atoms with Gasteiger partial charge in [-0.3, -0.25) is 24.8 Å². The molecule has 0 radical (unpaired) electrons. The van der Waals surface area contributed by atoms with Crippen LogP contribution >= 0.6 is 11.8 Å². The molecule has 1 saturated heterocycles. The lowest BCUT2D eigenvalue weighted by Crippen LogP contribution is -2.28. The Kier molecular flexibility index (Phi) is 5.69. The summed E-state index contributed by atoms with van der Waals surface area (Å²) in [7, 11) is 0. The van der Waals surface area contributed by atoms with E-state index < -0.39 is 4.92 Å². The summed E-state index contributed by atoms with van der Waals surface area (Å²) in [5, 5.41) is 11.6. The number of benzene rings is 1. The Labute approximate surface area is 167 Å². The molecule has 7 nitrogen and oxygen atoms in total. The summed E-state index contributed by atoms with van der Waals surface area (Å²) in [5.74, 6) is -0.0279. The van der Waals surface area contributed by atoms with Crippen LogP contribution in [0.2, 0.25) is 0 Å². The zero-order chi connectivity index (χ0) is 20.4. The number of rotatable bonds is 5. The number of carbonyl (C=O) groups excluding carboxylic acids is 1. The second-order valence-electron chi connectivity index (χ2n) is 6.35. The van der Waals surface area contributed by atoms with E-state index in [1.165, 1.54) is 23.9 Å². The number of nitro groups is 1. The molecule has 1 aromatic heterocycles. The summed E-state index contributed by atoms with van der Waals surface area (Å²) in [5.41, 5.74) is 3.81. The lowest BCUT2D eigenvalue weighted by atomic mass is 10.2. The van der Waals surface area contributed by atoms with Gasteiger partial charge in [-0.15, -0.1) is 0 Å². The van der Waals surface area contributed by atoms with Crippen molar-refractivity contribution >= 4 is 34.6 Å². The SMILES string of the molecule is CCN=C1S/C(=C\c2cc(C)n(-c3ccc([N+](=O)[O-])cc3)c2C)C(=O)N1CC. The Bertz CT molecular complexity index is 990. The predicted octanol–water partition coefficient (Wildman–Crippen LogP) is 4.31. The molecule has 1 aliphatic rings. The molecule has 0 N–H and O–H groups in total.